The van der Waals surface area contributed by atoms with Crippen LogP contribution >= 0.6 is 15.9 Å². The third-order valence-corrected chi connectivity index (χ3v) is 5.32. The molecule has 0 aromatic heterocycles. The average Bonchev–Trinajstić information content (AvgIpc) is 2.49. The molecule has 2 atom stereocenters. The van der Waals surface area contributed by atoms with Crippen LogP contribution in [0.3, 0.4) is 0 Å². The Labute approximate surface area is 130 Å². The van der Waals surface area contributed by atoms with Crippen LogP contribution in [0.1, 0.15) is 44.6 Å². The van der Waals surface area contributed by atoms with Crippen molar-refractivity contribution < 1.29 is 4.74 Å². The molecule has 1 aromatic rings. The monoisotopic (exact) mass is 335 g/mol. The summed E-state index contributed by atoms with van der Waals surface area (Å²) in [5.41, 5.74) is 0.982. The van der Waals surface area contributed by atoms with Crippen molar-refractivity contribution in [2.75, 3.05) is 7.11 Å². The van der Waals surface area contributed by atoms with Crippen molar-refractivity contribution in [3.8, 4) is 11.8 Å². The third-order valence-electron chi connectivity index (χ3n) is 4.54. The summed E-state index contributed by atoms with van der Waals surface area (Å²) in [6, 6.07) is 8.65. The van der Waals surface area contributed by atoms with Gasteiger partial charge in [0.1, 0.15) is 5.75 Å². The highest BCUT2D eigenvalue weighted by molar-refractivity contribution is 9.10. The van der Waals surface area contributed by atoms with Gasteiger partial charge in [-0.1, -0.05) is 42.1 Å². The maximum absolute atomic E-state index is 9.74. The molecule has 20 heavy (non-hydrogen) atoms. The molecule has 2 rings (SSSR count). The van der Waals surface area contributed by atoms with Crippen molar-refractivity contribution in [2.24, 2.45) is 11.3 Å². The van der Waals surface area contributed by atoms with Gasteiger partial charge in [-0.15, -0.1) is 0 Å². The lowest BCUT2D eigenvalue weighted by Crippen LogP contribution is -2.29. The van der Waals surface area contributed by atoms with Crippen LogP contribution < -0.4 is 4.74 Å². The minimum absolute atomic E-state index is 0.201. The largest absolute Gasteiger partial charge is 0.497 e. The third kappa shape index (κ3) is 3.35. The molecule has 3 heteroatoms. The number of methoxy groups -OCH3 is 1. The van der Waals surface area contributed by atoms with Crippen LogP contribution in [0, 0.1) is 22.7 Å². The predicted molar refractivity (Wildman–Crippen MR) is 84.7 cm³/mol. The van der Waals surface area contributed by atoms with E-state index >= 15 is 0 Å². The Balaban J connectivity index is 2.24. The van der Waals surface area contributed by atoms with E-state index < -0.39 is 0 Å². The summed E-state index contributed by atoms with van der Waals surface area (Å²) in [6.45, 7) is 2.24. The van der Waals surface area contributed by atoms with Gasteiger partial charge in [0.05, 0.1) is 18.6 Å². The Hall–Kier alpha value is -1.01. The van der Waals surface area contributed by atoms with E-state index in [-0.39, 0.29) is 5.41 Å². The Morgan fingerprint density at radius 2 is 2.30 bits per heavy atom. The van der Waals surface area contributed by atoms with E-state index in [1.54, 1.807) is 7.11 Å². The summed E-state index contributed by atoms with van der Waals surface area (Å²) in [5, 5.41) is 9.74. The van der Waals surface area contributed by atoms with Gasteiger partial charge < -0.3 is 4.74 Å². The molecule has 1 aliphatic carbocycles. The zero-order chi connectivity index (χ0) is 14.6. The average molecular weight is 336 g/mol. The lowest BCUT2D eigenvalue weighted by Gasteiger charge is -2.35. The number of nitrogens with zero attached hydrogens (tertiary/aromatic N) is 1. The van der Waals surface area contributed by atoms with E-state index in [9.17, 15) is 5.26 Å². The van der Waals surface area contributed by atoms with Gasteiger partial charge in [0, 0.05) is 4.47 Å². The van der Waals surface area contributed by atoms with E-state index in [1.807, 2.05) is 12.1 Å². The van der Waals surface area contributed by atoms with E-state index in [0.717, 1.165) is 29.5 Å². The number of rotatable bonds is 4. The van der Waals surface area contributed by atoms with Gasteiger partial charge in [-0.2, -0.15) is 5.26 Å². The van der Waals surface area contributed by atoms with Gasteiger partial charge in [-0.3, -0.25) is 0 Å². The summed E-state index contributed by atoms with van der Waals surface area (Å²) in [5.74, 6) is 1.56. The van der Waals surface area contributed by atoms with E-state index in [2.05, 4.69) is 35.0 Å². The van der Waals surface area contributed by atoms with Crippen LogP contribution in [-0.4, -0.2) is 7.11 Å². The van der Waals surface area contributed by atoms with Crippen LogP contribution in [0.2, 0.25) is 0 Å². The Morgan fingerprint density at radius 3 is 2.95 bits per heavy atom. The molecule has 1 aromatic carbocycles. The maximum Gasteiger partial charge on any atom is 0.119 e. The van der Waals surface area contributed by atoms with Crippen LogP contribution in [0.5, 0.6) is 5.75 Å². The lowest BCUT2D eigenvalue weighted by atomic mass is 9.67. The van der Waals surface area contributed by atoms with Crippen LogP contribution in [-0.2, 0) is 6.42 Å². The molecule has 0 bridgehead atoms. The molecule has 0 amide bonds. The number of nitriles is 1. The van der Waals surface area contributed by atoms with Crippen LogP contribution in [0.4, 0.5) is 0 Å². The summed E-state index contributed by atoms with van der Waals surface area (Å²) in [4.78, 5) is 0. The molecule has 108 valence electrons. The predicted octanol–water partition coefficient (Wildman–Crippen LogP) is 5.11. The van der Waals surface area contributed by atoms with Crippen molar-refractivity contribution >= 4 is 15.9 Å². The molecule has 1 fully saturated rings. The lowest BCUT2D eigenvalue weighted by molar-refractivity contribution is 0.194. The van der Waals surface area contributed by atoms with Gasteiger partial charge >= 0.3 is 0 Å². The fourth-order valence-electron chi connectivity index (χ4n) is 3.31. The fraction of sp³-hybridized carbons (Fsp3) is 0.588. The molecule has 1 aliphatic rings. The molecule has 0 spiro atoms. The van der Waals surface area contributed by atoms with Crippen molar-refractivity contribution in [1.29, 1.82) is 5.26 Å². The number of hydrogen-bond donors (Lipinski definition) is 0. The van der Waals surface area contributed by atoms with Gasteiger partial charge in [-0.25, -0.2) is 0 Å². The molecule has 2 unspecified atom stereocenters. The van der Waals surface area contributed by atoms with E-state index in [1.165, 1.54) is 24.8 Å². The topological polar surface area (TPSA) is 33.0 Å². The van der Waals surface area contributed by atoms with E-state index in [4.69, 9.17) is 4.74 Å². The molecule has 2 nitrogen and oxygen atoms in total. The summed E-state index contributed by atoms with van der Waals surface area (Å²) >= 11 is 3.61. The van der Waals surface area contributed by atoms with Crippen LogP contribution in [0.25, 0.3) is 0 Å². The van der Waals surface area contributed by atoms with E-state index in [0.29, 0.717) is 5.92 Å². The van der Waals surface area contributed by atoms with Gasteiger partial charge in [0.25, 0.3) is 0 Å². The Kier molecular flexibility index (Phi) is 5.10. The highest BCUT2D eigenvalue weighted by Gasteiger charge is 2.36. The first kappa shape index (κ1) is 15.4. The molecular weight excluding hydrogens is 314 g/mol. The number of halogens is 1. The number of ether oxygens (including phenoxy) is 1. The molecule has 0 aliphatic heterocycles. The SMILES string of the molecule is CCC1CCCC(C#N)(Cc2cc(OC)ccc2Br)C1. The second kappa shape index (κ2) is 6.63. The van der Waals surface area contributed by atoms with Crippen molar-refractivity contribution in [3.63, 3.8) is 0 Å². The number of benzene rings is 1. The molecule has 0 heterocycles. The standard InChI is InChI=1S/C17H22BrNO/c1-3-13-5-4-8-17(10-13,12-19)11-14-9-15(20-2)6-7-16(14)18/h6-7,9,13H,3-5,8,10-11H2,1-2H3. The maximum atomic E-state index is 9.74. The van der Waals surface area contributed by atoms with Crippen molar-refractivity contribution in [2.45, 2.75) is 45.4 Å². The van der Waals surface area contributed by atoms with Crippen molar-refractivity contribution in [3.05, 3.63) is 28.2 Å². The van der Waals surface area contributed by atoms with Gasteiger partial charge in [-0.05, 0) is 48.9 Å². The second-order valence-electron chi connectivity index (χ2n) is 5.90. The zero-order valence-corrected chi connectivity index (χ0v) is 13.9. The minimum Gasteiger partial charge on any atom is -0.497 e. The molecule has 1 saturated carbocycles. The molecular formula is C17H22BrNO. The minimum atomic E-state index is -0.201. The Bertz CT molecular complexity index is 508. The molecule has 0 N–H and O–H groups in total. The fourth-order valence-corrected chi connectivity index (χ4v) is 3.70. The second-order valence-corrected chi connectivity index (χ2v) is 6.75. The summed E-state index contributed by atoms with van der Waals surface area (Å²) in [6.07, 6.45) is 6.50. The molecule has 0 radical (unpaired) electrons. The van der Waals surface area contributed by atoms with Gasteiger partial charge in [0.2, 0.25) is 0 Å². The Morgan fingerprint density at radius 1 is 1.50 bits per heavy atom. The quantitative estimate of drug-likeness (QED) is 0.765. The highest BCUT2D eigenvalue weighted by Crippen LogP contribution is 2.43. The first-order valence-corrected chi connectivity index (χ1v) is 8.15. The molecule has 0 saturated heterocycles. The number of hydrogen-bond acceptors (Lipinski definition) is 2. The summed E-state index contributed by atoms with van der Waals surface area (Å²) < 4.78 is 6.38. The first-order valence-electron chi connectivity index (χ1n) is 7.36. The summed E-state index contributed by atoms with van der Waals surface area (Å²) in [7, 11) is 1.68. The van der Waals surface area contributed by atoms with Gasteiger partial charge in [0.15, 0.2) is 0 Å². The highest BCUT2D eigenvalue weighted by atomic mass is 79.9. The normalized spacial score (nSPS) is 26.0. The zero-order valence-electron chi connectivity index (χ0n) is 12.3. The smallest absolute Gasteiger partial charge is 0.119 e. The van der Waals surface area contributed by atoms with Crippen molar-refractivity contribution in [1.82, 2.24) is 0 Å². The first-order chi connectivity index (χ1) is 9.62. The van der Waals surface area contributed by atoms with Crippen LogP contribution in [0.15, 0.2) is 22.7 Å².